The Morgan fingerprint density at radius 2 is 2.05 bits per heavy atom. The lowest BCUT2D eigenvalue weighted by Gasteiger charge is -2.39. The summed E-state index contributed by atoms with van der Waals surface area (Å²) in [7, 11) is 1.92. The number of benzene rings is 1. The van der Waals surface area contributed by atoms with Gasteiger partial charge in [-0.3, -0.25) is 9.48 Å². The van der Waals surface area contributed by atoms with Crippen LogP contribution in [0.15, 0.2) is 24.4 Å². The maximum Gasteiger partial charge on any atom is 0.166 e. The van der Waals surface area contributed by atoms with E-state index in [9.17, 15) is 4.79 Å². The van der Waals surface area contributed by atoms with Crippen LogP contribution in [-0.4, -0.2) is 27.6 Å². The number of aryl methyl sites for hydroxylation is 1. The SMILES string of the molecule is Cn1ncc2ccc(C(=O)C3CC4CCCC(C3)N4)cc21. The molecule has 0 amide bonds. The average Bonchev–Trinajstić information content (AvgIpc) is 2.87. The van der Waals surface area contributed by atoms with E-state index in [1.54, 1.807) is 0 Å². The van der Waals surface area contributed by atoms with Gasteiger partial charge in [-0.1, -0.05) is 18.6 Å². The third-order valence-electron chi connectivity index (χ3n) is 5.12. The van der Waals surface area contributed by atoms with Crippen molar-refractivity contribution in [2.45, 2.75) is 44.2 Å². The van der Waals surface area contributed by atoms with E-state index >= 15 is 0 Å². The van der Waals surface area contributed by atoms with Gasteiger partial charge in [-0.05, 0) is 31.7 Å². The Labute approximate surface area is 124 Å². The molecule has 2 atom stereocenters. The number of ketones is 1. The van der Waals surface area contributed by atoms with Crippen molar-refractivity contribution in [1.29, 1.82) is 0 Å². The van der Waals surface area contributed by atoms with Crippen molar-refractivity contribution in [3.05, 3.63) is 30.0 Å². The third-order valence-corrected chi connectivity index (χ3v) is 5.12. The number of piperidine rings is 2. The lowest BCUT2D eigenvalue weighted by Crippen LogP contribution is -2.50. The van der Waals surface area contributed by atoms with Crippen LogP contribution >= 0.6 is 0 Å². The zero-order chi connectivity index (χ0) is 14.4. The highest BCUT2D eigenvalue weighted by molar-refractivity contribution is 6.00. The van der Waals surface area contributed by atoms with Crippen molar-refractivity contribution >= 4 is 16.7 Å². The Morgan fingerprint density at radius 1 is 1.29 bits per heavy atom. The van der Waals surface area contributed by atoms with Crippen LogP contribution in [0.5, 0.6) is 0 Å². The lowest BCUT2D eigenvalue weighted by molar-refractivity contribution is 0.0825. The molecule has 4 rings (SSSR count). The predicted molar refractivity (Wildman–Crippen MR) is 82.3 cm³/mol. The fraction of sp³-hybridized carbons (Fsp3) is 0.529. The second-order valence-corrected chi connectivity index (χ2v) is 6.57. The minimum Gasteiger partial charge on any atom is -0.311 e. The molecule has 2 unspecified atom stereocenters. The molecule has 110 valence electrons. The summed E-state index contributed by atoms with van der Waals surface area (Å²) in [5, 5.41) is 9.00. The van der Waals surface area contributed by atoms with Crippen molar-refractivity contribution in [3.8, 4) is 0 Å². The summed E-state index contributed by atoms with van der Waals surface area (Å²) in [5.41, 5.74) is 1.88. The van der Waals surface area contributed by atoms with Crippen molar-refractivity contribution in [2.75, 3.05) is 0 Å². The predicted octanol–water partition coefficient (Wildman–Crippen LogP) is 2.68. The molecule has 0 spiro atoms. The topological polar surface area (TPSA) is 46.9 Å². The molecule has 2 saturated heterocycles. The summed E-state index contributed by atoms with van der Waals surface area (Å²) < 4.78 is 1.84. The van der Waals surface area contributed by atoms with E-state index in [-0.39, 0.29) is 5.92 Å². The summed E-state index contributed by atoms with van der Waals surface area (Å²) in [6, 6.07) is 7.07. The maximum atomic E-state index is 12.9. The zero-order valence-electron chi connectivity index (χ0n) is 12.4. The van der Waals surface area contributed by atoms with Crippen LogP contribution < -0.4 is 5.32 Å². The first-order chi connectivity index (χ1) is 10.2. The van der Waals surface area contributed by atoms with E-state index in [1.165, 1.54) is 19.3 Å². The highest BCUT2D eigenvalue weighted by Crippen LogP contribution is 2.32. The quantitative estimate of drug-likeness (QED) is 0.862. The van der Waals surface area contributed by atoms with Gasteiger partial charge < -0.3 is 5.32 Å². The average molecular weight is 283 g/mol. The molecule has 0 radical (unpaired) electrons. The van der Waals surface area contributed by atoms with Crippen molar-refractivity contribution < 1.29 is 4.79 Å². The van der Waals surface area contributed by atoms with Crippen LogP contribution in [0.2, 0.25) is 0 Å². The number of fused-ring (bicyclic) bond motifs is 3. The van der Waals surface area contributed by atoms with Gasteiger partial charge in [0.05, 0.1) is 11.7 Å². The first-order valence-corrected chi connectivity index (χ1v) is 7.93. The second-order valence-electron chi connectivity index (χ2n) is 6.57. The lowest BCUT2D eigenvalue weighted by atomic mass is 9.77. The van der Waals surface area contributed by atoms with E-state index in [0.717, 1.165) is 29.3 Å². The molecule has 2 aliphatic heterocycles. The minimum absolute atomic E-state index is 0.187. The number of carbonyl (C=O) groups excluding carboxylic acids is 1. The van der Waals surface area contributed by atoms with E-state index in [2.05, 4.69) is 10.4 Å². The van der Waals surface area contributed by atoms with Crippen LogP contribution in [0.25, 0.3) is 10.9 Å². The van der Waals surface area contributed by atoms with Gasteiger partial charge >= 0.3 is 0 Å². The van der Waals surface area contributed by atoms with Gasteiger partial charge in [0.25, 0.3) is 0 Å². The first-order valence-electron chi connectivity index (χ1n) is 7.93. The van der Waals surface area contributed by atoms with Crippen LogP contribution in [0.1, 0.15) is 42.5 Å². The molecule has 0 saturated carbocycles. The largest absolute Gasteiger partial charge is 0.311 e. The van der Waals surface area contributed by atoms with Gasteiger partial charge in [0.1, 0.15) is 0 Å². The van der Waals surface area contributed by atoms with Crippen molar-refractivity contribution in [2.24, 2.45) is 13.0 Å². The molecule has 2 fully saturated rings. The molecule has 2 aromatic rings. The van der Waals surface area contributed by atoms with Crippen LogP contribution in [0.4, 0.5) is 0 Å². The molecule has 2 bridgehead atoms. The number of hydrogen-bond donors (Lipinski definition) is 1. The molecular formula is C17H21N3O. The number of aromatic nitrogens is 2. The monoisotopic (exact) mass is 283 g/mol. The Balaban J connectivity index is 1.62. The van der Waals surface area contributed by atoms with E-state index in [4.69, 9.17) is 0 Å². The number of nitrogens with zero attached hydrogens (tertiary/aromatic N) is 2. The fourth-order valence-corrected chi connectivity index (χ4v) is 4.01. The highest BCUT2D eigenvalue weighted by Gasteiger charge is 2.34. The molecule has 1 N–H and O–H groups in total. The van der Waals surface area contributed by atoms with Crippen LogP contribution in [0, 0.1) is 5.92 Å². The molecule has 0 aliphatic carbocycles. The number of rotatable bonds is 2. The molecule has 4 nitrogen and oxygen atoms in total. The second kappa shape index (κ2) is 4.95. The zero-order valence-corrected chi connectivity index (χ0v) is 12.4. The molecule has 1 aromatic heterocycles. The van der Waals surface area contributed by atoms with Gasteiger partial charge in [-0.25, -0.2) is 0 Å². The van der Waals surface area contributed by atoms with Crippen LogP contribution in [0.3, 0.4) is 0 Å². The minimum atomic E-state index is 0.187. The molecule has 1 aromatic carbocycles. The first kappa shape index (κ1) is 13.0. The third kappa shape index (κ3) is 2.27. The van der Waals surface area contributed by atoms with Crippen molar-refractivity contribution in [3.63, 3.8) is 0 Å². The number of nitrogens with one attached hydrogen (secondary N) is 1. The van der Waals surface area contributed by atoms with Gasteiger partial charge in [0.2, 0.25) is 0 Å². The van der Waals surface area contributed by atoms with Crippen molar-refractivity contribution in [1.82, 2.24) is 15.1 Å². The van der Waals surface area contributed by atoms with E-state index in [1.807, 2.05) is 36.1 Å². The Morgan fingerprint density at radius 3 is 2.81 bits per heavy atom. The van der Waals surface area contributed by atoms with E-state index < -0.39 is 0 Å². The van der Waals surface area contributed by atoms with Gasteiger partial charge in [-0.2, -0.15) is 5.10 Å². The molecule has 2 aliphatic rings. The standard InChI is InChI=1S/C17H21N3O/c1-20-16-9-11(5-6-12(16)10-18-20)17(21)13-7-14-3-2-4-15(8-13)19-14/h5-6,9-10,13-15,19H,2-4,7-8H2,1H3. The van der Waals surface area contributed by atoms with Crippen LogP contribution in [-0.2, 0) is 7.05 Å². The Kier molecular flexibility index (Phi) is 3.07. The summed E-state index contributed by atoms with van der Waals surface area (Å²) in [5.74, 6) is 0.503. The van der Waals surface area contributed by atoms with Gasteiger partial charge in [0.15, 0.2) is 5.78 Å². The highest BCUT2D eigenvalue weighted by atomic mass is 16.1. The summed E-state index contributed by atoms with van der Waals surface area (Å²) >= 11 is 0. The maximum absolute atomic E-state index is 12.9. The number of carbonyl (C=O) groups is 1. The molecule has 3 heterocycles. The number of Topliss-reactive ketones (excluding diaryl/α,β-unsaturated/α-hetero) is 1. The smallest absolute Gasteiger partial charge is 0.166 e. The summed E-state index contributed by atoms with van der Waals surface area (Å²) in [6.45, 7) is 0. The molecule has 21 heavy (non-hydrogen) atoms. The summed E-state index contributed by atoms with van der Waals surface area (Å²) in [6.07, 6.45) is 7.60. The van der Waals surface area contributed by atoms with Gasteiger partial charge in [0, 0.05) is 36.0 Å². The van der Waals surface area contributed by atoms with Gasteiger partial charge in [-0.15, -0.1) is 0 Å². The Hall–Kier alpha value is -1.68. The summed E-state index contributed by atoms with van der Waals surface area (Å²) in [4.78, 5) is 12.9. The molecule has 4 heteroatoms. The Bertz CT molecular complexity index is 678. The fourth-order valence-electron chi connectivity index (χ4n) is 4.01. The normalized spacial score (nSPS) is 28.7. The number of hydrogen-bond acceptors (Lipinski definition) is 3. The van der Waals surface area contributed by atoms with E-state index in [0.29, 0.717) is 17.9 Å². The molecular weight excluding hydrogens is 262 g/mol.